The summed E-state index contributed by atoms with van der Waals surface area (Å²) in [4.78, 5) is 25.8. The second-order valence-electron chi connectivity index (χ2n) is 5.10. The maximum Gasteiger partial charge on any atom is 0.233 e. The zero-order chi connectivity index (χ0) is 15.1. The highest BCUT2D eigenvalue weighted by atomic mass is 16.5. The number of piperidine rings is 1. The van der Waals surface area contributed by atoms with Crippen LogP contribution in [0, 0.1) is 0 Å². The van der Waals surface area contributed by atoms with Gasteiger partial charge in [0.15, 0.2) is 0 Å². The van der Waals surface area contributed by atoms with E-state index in [-0.39, 0.29) is 18.2 Å². The summed E-state index contributed by atoms with van der Waals surface area (Å²) in [5.74, 6) is 0.234. The maximum absolute atomic E-state index is 12.0. The Hall–Kier alpha value is -2.04. The average Bonchev–Trinajstić information content (AvgIpc) is 2.50. The van der Waals surface area contributed by atoms with Gasteiger partial charge in [0.25, 0.3) is 0 Å². The quantitative estimate of drug-likeness (QED) is 0.847. The fraction of sp³-hybridized carbons (Fsp3) is 0.500. The van der Waals surface area contributed by atoms with Crippen molar-refractivity contribution in [3.63, 3.8) is 0 Å². The molecule has 0 saturated carbocycles. The molecule has 2 rings (SSSR count). The van der Waals surface area contributed by atoms with E-state index in [9.17, 15) is 9.59 Å². The zero-order valence-corrected chi connectivity index (χ0v) is 12.4. The van der Waals surface area contributed by atoms with Crippen molar-refractivity contribution in [2.75, 3.05) is 25.0 Å². The van der Waals surface area contributed by atoms with Crippen molar-refractivity contribution in [2.45, 2.75) is 32.6 Å². The van der Waals surface area contributed by atoms with E-state index in [0.29, 0.717) is 18.0 Å². The van der Waals surface area contributed by atoms with Gasteiger partial charge in [0.2, 0.25) is 11.8 Å². The van der Waals surface area contributed by atoms with Crippen LogP contribution < -0.4 is 10.1 Å². The Morgan fingerprint density at radius 2 is 1.90 bits per heavy atom. The molecule has 5 nitrogen and oxygen atoms in total. The van der Waals surface area contributed by atoms with Gasteiger partial charge < -0.3 is 15.0 Å². The van der Waals surface area contributed by atoms with Crippen LogP contribution in [0.3, 0.4) is 0 Å². The number of carbonyl (C=O) groups excluding carboxylic acids is 2. The molecule has 0 bridgehead atoms. The fourth-order valence-electron chi connectivity index (χ4n) is 2.44. The third-order valence-electron chi connectivity index (χ3n) is 3.48. The number of para-hydroxylation sites is 2. The van der Waals surface area contributed by atoms with Crippen molar-refractivity contribution < 1.29 is 14.3 Å². The molecule has 0 radical (unpaired) electrons. The van der Waals surface area contributed by atoms with E-state index in [1.54, 1.807) is 17.0 Å². The van der Waals surface area contributed by atoms with Crippen LogP contribution in [-0.2, 0) is 9.59 Å². The smallest absolute Gasteiger partial charge is 0.233 e. The number of nitrogens with zero attached hydrogens (tertiary/aromatic N) is 1. The maximum atomic E-state index is 12.0. The molecule has 114 valence electrons. The zero-order valence-electron chi connectivity index (χ0n) is 12.4. The third kappa shape index (κ3) is 4.48. The Morgan fingerprint density at radius 3 is 2.62 bits per heavy atom. The number of ether oxygens (including phenoxy) is 1. The van der Waals surface area contributed by atoms with E-state index in [1.807, 2.05) is 19.1 Å². The Balaban J connectivity index is 1.90. The first-order valence-corrected chi connectivity index (χ1v) is 7.50. The largest absolute Gasteiger partial charge is 0.492 e. The summed E-state index contributed by atoms with van der Waals surface area (Å²) >= 11 is 0. The Bertz CT molecular complexity index is 496. The molecule has 1 aliphatic heterocycles. The van der Waals surface area contributed by atoms with Crippen LogP contribution in [0.5, 0.6) is 5.75 Å². The van der Waals surface area contributed by atoms with Crippen molar-refractivity contribution in [1.82, 2.24) is 4.90 Å². The summed E-state index contributed by atoms with van der Waals surface area (Å²) < 4.78 is 5.45. The Morgan fingerprint density at radius 1 is 1.19 bits per heavy atom. The lowest BCUT2D eigenvalue weighted by molar-refractivity contribution is -0.135. The number of hydrogen-bond donors (Lipinski definition) is 1. The number of amides is 2. The third-order valence-corrected chi connectivity index (χ3v) is 3.48. The summed E-state index contributed by atoms with van der Waals surface area (Å²) in [5, 5.41) is 2.75. The molecule has 2 amide bonds. The molecule has 21 heavy (non-hydrogen) atoms. The number of hydrogen-bond acceptors (Lipinski definition) is 3. The normalized spacial score (nSPS) is 14.6. The Labute approximate surface area is 125 Å². The van der Waals surface area contributed by atoms with E-state index in [2.05, 4.69) is 5.32 Å². The van der Waals surface area contributed by atoms with Crippen molar-refractivity contribution in [3.8, 4) is 5.75 Å². The second-order valence-corrected chi connectivity index (χ2v) is 5.10. The van der Waals surface area contributed by atoms with Gasteiger partial charge in [-0.3, -0.25) is 9.59 Å². The molecule has 0 unspecified atom stereocenters. The van der Waals surface area contributed by atoms with Gasteiger partial charge in [-0.15, -0.1) is 0 Å². The summed E-state index contributed by atoms with van der Waals surface area (Å²) in [6.07, 6.45) is 3.11. The minimum Gasteiger partial charge on any atom is -0.492 e. The van der Waals surface area contributed by atoms with Gasteiger partial charge in [-0.1, -0.05) is 12.1 Å². The number of nitrogens with one attached hydrogen (secondary N) is 1. The molecule has 1 aliphatic rings. The van der Waals surface area contributed by atoms with Crippen molar-refractivity contribution >= 4 is 17.5 Å². The second kappa shape index (κ2) is 7.67. The molecule has 0 aliphatic carbocycles. The number of anilines is 1. The molecule has 1 aromatic rings. The molecule has 0 aromatic heterocycles. The summed E-state index contributed by atoms with van der Waals surface area (Å²) in [7, 11) is 0. The van der Waals surface area contributed by atoms with Gasteiger partial charge in [0.05, 0.1) is 12.3 Å². The molecule has 0 atom stereocenters. The van der Waals surface area contributed by atoms with E-state index in [0.717, 1.165) is 32.4 Å². The van der Waals surface area contributed by atoms with Crippen LogP contribution in [-0.4, -0.2) is 36.4 Å². The summed E-state index contributed by atoms with van der Waals surface area (Å²) in [6, 6.07) is 7.24. The van der Waals surface area contributed by atoms with Gasteiger partial charge in [-0.05, 0) is 38.3 Å². The average molecular weight is 290 g/mol. The van der Waals surface area contributed by atoms with Gasteiger partial charge in [0.1, 0.15) is 12.2 Å². The first-order valence-electron chi connectivity index (χ1n) is 7.50. The van der Waals surface area contributed by atoms with Gasteiger partial charge >= 0.3 is 0 Å². The monoisotopic (exact) mass is 290 g/mol. The van der Waals surface area contributed by atoms with Gasteiger partial charge in [-0.2, -0.15) is 0 Å². The summed E-state index contributed by atoms with van der Waals surface area (Å²) in [5.41, 5.74) is 0.607. The van der Waals surface area contributed by atoms with Gasteiger partial charge in [0, 0.05) is 13.1 Å². The molecule has 1 saturated heterocycles. The Kier molecular flexibility index (Phi) is 5.60. The molecule has 5 heteroatoms. The van der Waals surface area contributed by atoms with Crippen LogP contribution in [0.15, 0.2) is 24.3 Å². The molecule has 1 fully saturated rings. The predicted molar refractivity (Wildman–Crippen MR) is 81.3 cm³/mol. The highest BCUT2D eigenvalue weighted by Gasteiger charge is 2.19. The van der Waals surface area contributed by atoms with Crippen LogP contribution in [0.1, 0.15) is 32.6 Å². The van der Waals surface area contributed by atoms with E-state index >= 15 is 0 Å². The first-order chi connectivity index (χ1) is 10.2. The van der Waals surface area contributed by atoms with E-state index in [4.69, 9.17) is 4.74 Å². The lowest BCUT2D eigenvalue weighted by Crippen LogP contribution is -2.37. The molecular weight excluding hydrogens is 268 g/mol. The van der Waals surface area contributed by atoms with Crippen molar-refractivity contribution in [2.24, 2.45) is 0 Å². The number of benzene rings is 1. The van der Waals surface area contributed by atoms with Crippen LogP contribution in [0.2, 0.25) is 0 Å². The minimum absolute atomic E-state index is 0.0962. The highest BCUT2D eigenvalue weighted by molar-refractivity contribution is 6.04. The molecule has 0 spiro atoms. The molecule has 1 aromatic carbocycles. The minimum atomic E-state index is -0.294. The molecule has 1 heterocycles. The van der Waals surface area contributed by atoms with Crippen molar-refractivity contribution in [3.05, 3.63) is 24.3 Å². The lowest BCUT2D eigenvalue weighted by Gasteiger charge is -2.26. The standard InChI is InChI=1S/C16H22N2O3/c1-2-21-14-9-5-4-8-13(14)17-15(19)12-16(20)18-10-6-3-7-11-18/h4-5,8-9H,2-3,6-7,10-12H2,1H3,(H,17,19). The lowest BCUT2D eigenvalue weighted by atomic mass is 10.1. The number of likely N-dealkylation sites (tertiary alicyclic amines) is 1. The fourth-order valence-corrected chi connectivity index (χ4v) is 2.44. The highest BCUT2D eigenvalue weighted by Crippen LogP contribution is 2.23. The molecule has 1 N–H and O–H groups in total. The molecular formula is C16H22N2O3. The SMILES string of the molecule is CCOc1ccccc1NC(=O)CC(=O)N1CCCCC1. The van der Waals surface area contributed by atoms with Crippen LogP contribution >= 0.6 is 0 Å². The number of carbonyl (C=O) groups is 2. The first kappa shape index (κ1) is 15.4. The number of rotatable bonds is 5. The van der Waals surface area contributed by atoms with Gasteiger partial charge in [-0.25, -0.2) is 0 Å². The predicted octanol–water partition coefficient (Wildman–Crippen LogP) is 2.43. The van der Waals surface area contributed by atoms with Crippen molar-refractivity contribution in [1.29, 1.82) is 0 Å². The van der Waals surface area contributed by atoms with Crippen LogP contribution in [0.25, 0.3) is 0 Å². The topological polar surface area (TPSA) is 58.6 Å². The summed E-state index contributed by atoms with van der Waals surface area (Å²) in [6.45, 7) is 3.95. The van der Waals surface area contributed by atoms with E-state index < -0.39 is 0 Å². The van der Waals surface area contributed by atoms with E-state index in [1.165, 1.54) is 0 Å². The van der Waals surface area contributed by atoms with Crippen LogP contribution in [0.4, 0.5) is 5.69 Å².